The molecule has 108 valence electrons. The molecule has 0 aliphatic heterocycles. The highest BCUT2D eigenvalue weighted by molar-refractivity contribution is 5.26. The van der Waals surface area contributed by atoms with Crippen LogP contribution in [0.25, 0.3) is 0 Å². The number of rotatable bonds is 1. The molecule has 0 unspecified atom stereocenters. The Bertz CT molecular complexity index is 372. The Morgan fingerprint density at radius 3 is 1.63 bits per heavy atom. The van der Waals surface area contributed by atoms with Gasteiger partial charge < -0.3 is 5.11 Å². The van der Waals surface area contributed by atoms with Crippen LogP contribution in [0.2, 0.25) is 0 Å². The number of hydrogen-bond donors (Lipinski definition) is 1. The molecule has 0 aromatic heterocycles. The lowest BCUT2D eigenvalue weighted by Gasteiger charge is -2.18. The van der Waals surface area contributed by atoms with Gasteiger partial charge in [-0.15, -0.1) is 0 Å². The summed E-state index contributed by atoms with van der Waals surface area (Å²) in [5.74, 6) is 1.05. The molecule has 0 spiro atoms. The molecule has 2 rings (SSSR count). The first-order chi connectivity index (χ1) is 8.64. The van der Waals surface area contributed by atoms with Gasteiger partial charge in [0, 0.05) is 0 Å². The minimum Gasteiger partial charge on any atom is -0.392 e. The molecule has 1 aromatic rings. The summed E-state index contributed by atoms with van der Waals surface area (Å²) in [6.45, 7) is 13.6. The first-order valence-electron chi connectivity index (χ1n) is 7.35. The highest BCUT2D eigenvalue weighted by Gasteiger charge is 2.33. The van der Waals surface area contributed by atoms with E-state index in [0.29, 0.717) is 5.41 Å². The van der Waals surface area contributed by atoms with Crippen molar-refractivity contribution in [3.05, 3.63) is 35.4 Å². The van der Waals surface area contributed by atoms with Gasteiger partial charge in [-0.3, -0.25) is 0 Å². The van der Waals surface area contributed by atoms with Crippen molar-refractivity contribution in [2.24, 2.45) is 11.3 Å². The molecule has 1 heteroatoms. The maximum atomic E-state index is 8.83. The summed E-state index contributed by atoms with van der Waals surface area (Å²) >= 11 is 0. The van der Waals surface area contributed by atoms with Gasteiger partial charge in [-0.05, 0) is 40.7 Å². The molecule has 0 amide bonds. The molecule has 1 aromatic carbocycles. The lowest BCUT2D eigenvalue weighted by molar-refractivity contribution is 0.282. The van der Waals surface area contributed by atoms with E-state index in [4.69, 9.17) is 5.11 Å². The van der Waals surface area contributed by atoms with Crippen molar-refractivity contribution in [1.82, 2.24) is 0 Å². The van der Waals surface area contributed by atoms with Crippen molar-refractivity contribution in [2.75, 3.05) is 0 Å². The number of hydrogen-bond acceptors (Lipinski definition) is 1. The average molecular weight is 262 g/mol. The molecule has 1 nitrogen and oxygen atoms in total. The molecule has 19 heavy (non-hydrogen) atoms. The van der Waals surface area contributed by atoms with Crippen LogP contribution in [0.15, 0.2) is 24.3 Å². The van der Waals surface area contributed by atoms with E-state index >= 15 is 0 Å². The summed E-state index contributed by atoms with van der Waals surface area (Å²) in [5, 5.41) is 8.83. The second kappa shape index (κ2) is 6.09. The third-order valence-electron chi connectivity index (χ3n) is 3.80. The Morgan fingerprint density at radius 1 is 0.947 bits per heavy atom. The van der Waals surface area contributed by atoms with Gasteiger partial charge in [0.05, 0.1) is 6.61 Å². The van der Waals surface area contributed by atoms with Gasteiger partial charge in [-0.2, -0.15) is 0 Å². The summed E-state index contributed by atoms with van der Waals surface area (Å²) in [6.07, 6.45) is 2.95. The largest absolute Gasteiger partial charge is 0.392 e. The highest BCUT2D eigenvalue weighted by atomic mass is 16.3. The Balaban J connectivity index is 0.000000218. The normalized spacial score (nSPS) is 15.7. The van der Waals surface area contributed by atoms with Gasteiger partial charge in [-0.25, -0.2) is 0 Å². The summed E-state index contributed by atoms with van der Waals surface area (Å²) < 4.78 is 0. The lowest BCUT2D eigenvalue weighted by Crippen LogP contribution is -2.10. The lowest BCUT2D eigenvalue weighted by atomic mass is 9.87. The molecule has 0 heterocycles. The van der Waals surface area contributed by atoms with Gasteiger partial charge in [0.2, 0.25) is 0 Å². The average Bonchev–Trinajstić information content (AvgIpc) is 3.12. The summed E-state index contributed by atoms with van der Waals surface area (Å²) in [4.78, 5) is 0. The quantitative estimate of drug-likeness (QED) is 0.761. The molecule has 1 N–H and O–H groups in total. The van der Waals surface area contributed by atoms with E-state index in [1.54, 1.807) is 0 Å². The van der Waals surface area contributed by atoms with E-state index in [9.17, 15) is 0 Å². The minimum atomic E-state index is 0.129. The van der Waals surface area contributed by atoms with Gasteiger partial charge in [0.1, 0.15) is 0 Å². The van der Waals surface area contributed by atoms with Crippen molar-refractivity contribution in [1.29, 1.82) is 0 Å². The van der Waals surface area contributed by atoms with E-state index in [2.05, 4.69) is 53.7 Å². The van der Waals surface area contributed by atoms with Crippen molar-refractivity contribution >= 4 is 0 Å². The van der Waals surface area contributed by atoms with E-state index in [1.165, 1.54) is 18.4 Å². The zero-order valence-corrected chi connectivity index (χ0v) is 13.5. The molecule has 0 bridgehead atoms. The molecule has 1 aliphatic carbocycles. The zero-order chi connectivity index (χ0) is 14.7. The van der Waals surface area contributed by atoms with Crippen LogP contribution in [0.5, 0.6) is 0 Å². The van der Waals surface area contributed by atoms with Crippen LogP contribution in [0.4, 0.5) is 0 Å². The monoisotopic (exact) mass is 262 g/mol. The Hall–Kier alpha value is -0.820. The van der Waals surface area contributed by atoms with Gasteiger partial charge in [0.15, 0.2) is 0 Å². The van der Waals surface area contributed by atoms with E-state index in [1.807, 2.05) is 12.1 Å². The zero-order valence-electron chi connectivity index (χ0n) is 13.5. The van der Waals surface area contributed by atoms with Crippen molar-refractivity contribution in [3.63, 3.8) is 0 Å². The molecule has 0 atom stereocenters. The first-order valence-corrected chi connectivity index (χ1v) is 7.35. The second-order valence-corrected chi connectivity index (χ2v) is 7.75. The fraction of sp³-hybridized carbons (Fsp3) is 0.667. The number of benzene rings is 1. The predicted octanol–water partition coefficient (Wildman–Crippen LogP) is 4.92. The standard InChI is InChI=1S/C11H16O.C7H14/c1-11(2,3)10-6-4-9(8-12)5-7-10;1-7(2,3)6-4-5-6/h4-7,12H,8H2,1-3H3;6H,4-5H2,1-3H3. The van der Waals surface area contributed by atoms with Crippen molar-refractivity contribution in [2.45, 2.75) is 66.4 Å². The molecule has 0 saturated heterocycles. The smallest absolute Gasteiger partial charge is 0.0681 e. The first kappa shape index (κ1) is 16.2. The third kappa shape index (κ3) is 5.78. The van der Waals surface area contributed by atoms with E-state index < -0.39 is 0 Å². The molecular formula is C18H30O. The fourth-order valence-electron chi connectivity index (χ4n) is 2.06. The van der Waals surface area contributed by atoms with Crippen LogP contribution in [-0.4, -0.2) is 5.11 Å². The molecule has 1 saturated carbocycles. The van der Waals surface area contributed by atoms with Crippen LogP contribution in [0.1, 0.15) is 65.5 Å². The highest BCUT2D eigenvalue weighted by Crippen LogP contribution is 2.44. The SMILES string of the molecule is CC(C)(C)C1CC1.CC(C)(C)c1ccc(CO)cc1. The van der Waals surface area contributed by atoms with Gasteiger partial charge >= 0.3 is 0 Å². The van der Waals surface area contributed by atoms with Gasteiger partial charge in [-0.1, -0.05) is 65.8 Å². The van der Waals surface area contributed by atoms with Crippen LogP contribution in [0.3, 0.4) is 0 Å². The Labute approximate surface area is 119 Å². The Kier molecular flexibility index (Phi) is 5.20. The topological polar surface area (TPSA) is 20.2 Å². The summed E-state index contributed by atoms with van der Waals surface area (Å²) in [5.41, 5.74) is 3.09. The van der Waals surface area contributed by atoms with Gasteiger partial charge in [0.25, 0.3) is 0 Å². The van der Waals surface area contributed by atoms with Crippen LogP contribution in [-0.2, 0) is 12.0 Å². The van der Waals surface area contributed by atoms with Crippen molar-refractivity contribution < 1.29 is 5.11 Å². The molecule has 0 radical (unpaired) electrons. The minimum absolute atomic E-state index is 0.129. The maximum absolute atomic E-state index is 8.83. The number of aliphatic hydroxyl groups is 1. The van der Waals surface area contributed by atoms with E-state index in [0.717, 1.165) is 11.5 Å². The van der Waals surface area contributed by atoms with Crippen LogP contribution in [0, 0.1) is 11.3 Å². The van der Waals surface area contributed by atoms with E-state index in [-0.39, 0.29) is 12.0 Å². The fourth-order valence-corrected chi connectivity index (χ4v) is 2.06. The van der Waals surface area contributed by atoms with Crippen LogP contribution < -0.4 is 0 Å². The predicted molar refractivity (Wildman–Crippen MR) is 83.2 cm³/mol. The second-order valence-electron chi connectivity index (χ2n) is 7.75. The maximum Gasteiger partial charge on any atom is 0.0681 e. The number of aliphatic hydroxyl groups excluding tert-OH is 1. The third-order valence-corrected chi connectivity index (χ3v) is 3.80. The molecule has 1 fully saturated rings. The summed E-state index contributed by atoms with van der Waals surface area (Å²) in [6, 6.07) is 8.10. The van der Waals surface area contributed by atoms with Crippen LogP contribution >= 0.6 is 0 Å². The molecule has 1 aliphatic rings. The Morgan fingerprint density at radius 2 is 1.42 bits per heavy atom. The van der Waals surface area contributed by atoms with Crippen molar-refractivity contribution in [3.8, 4) is 0 Å². The molecular weight excluding hydrogens is 232 g/mol. The summed E-state index contributed by atoms with van der Waals surface area (Å²) in [7, 11) is 0.